The lowest BCUT2D eigenvalue weighted by Crippen LogP contribution is -2.13. The summed E-state index contributed by atoms with van der Waals surface area (Å²) in [5.41, 5.74) is 0.240. The Morgan fingerprint density at radius 2 is 2.05 bits per heavy atom. The van der Waals surface area contributed by atoms with E-state index < -0.39 is 10.8 Å². The molecule has 0 fully saturated rings. The number of carbonyl (C=O) groups is 1. The van der Waals surface area contributed by atoms with E-state index in [9.17, 15) is 14.9 Å². The number of nitrogens with one attached hydrogen (secondary N) is 1. The van der Waals surface area contributed by atoms with Gasteiger partial charge in [-0.2, -0.15) is 0 Å². The van der Waals surface area contributed by atoms with E-state index in [0.29, 0.717) is 10.2 Å². The van der Waals surface area contributed by atoms with Crippen molar-refractivity contribution in [2.45, 2.75) is 0 Å². The van der Waals surface area contributed by atoms with Crippen molar-refractivity contribution in [2.24, 2.45) is 0 Å². The number of halogens is 3. The highest BCUT2D eigenvalue weighted by atomic mass is 79.9. The number of hydrogen-bond donors (Lipinski definition) is 1. The molecule has 0 atom stereocenters. The van der Waals surface area contributed by atoms with Crippen LogP contribution in [0.4, 0.5) is 11.4 Å². The molecule has 108 valence electrons. The number of anilines is 1. The molecular formula is C12H6BrCl2N3O3. The fraction of sp³-hybridized carbons (Fsp3) is 0. The minimum absolute atomic E-state index is 0.0451. The first-order valence-electron chi connectivity index (χ1n) is 5.45. The summed E-state index contributed by atoms with van der Waals surface area (Å²) in [4.78, 5) is 26.0. The molecule has 21 heavy (non-hydrogen) atoms. The molecule has 1 amide bonds. The summed E-state index contributed by atoms with van der Waals surface area (Å²) >= 11 is 14.8. The molecule has 0 saturated carbocycles. The van der Waals surface area contributed by atoms with Gasteiger partial charge in [-0.05, 0) is 34.1 Å². The number of rotatable bonds is 3. The topological polar surface area (TPSA) is 85.1 Å². The second kappa shape index (κ2) is 6.38. The van der Waals surface area contributed by atoms with E-state index in [0.717, 1.165) is 0 Å². The van der Waals surface area contributed by atoms with Crippen molar-refractivity contribution in [2.75, 3.05) is 5.32 Å². The minimum Gasteiger partial charge on any atom is -0.322 e. The summed E-state index contributed by atoms with van der Waals surface area (Å²) in [6.45, 7) is 0. The molecule has 2 rings (SSSR count). The summed E-state index contributed by atoms with van der Waals surface area (Å²) in [6.07, 6.45) is 1.46. The Hall–Kier alpha value is -1.70. The number of nitro groups is 1. The van der Waals surface area contributed by atoms with Gasteiger partial charge in [0, 0.05) is 22.4 Å². The molecule has 0 saturated heterocycles. The Balaban J connectivity index is 2.26. The van der Waals surface area contributed by atoms with E-state index in [2.05, 4.69) is 26.2 Å². The van der Waals surface area contributed by atoms with Gasteiger partial charge in [0.2, 0.25) is 0 Å². The van der Waals surface area contributed by atoms with Crippen molar-refractivity contribution >= 4 is 56.4 Å². The van der Waals surface area contributed by atoms with Gasteiger partial charge in [-0.15, -0.1) is 0 Å². The van der Waals surface area contributed by atoms with Crippen molar-refractivity contribution in [1.29, 1.82) is 0 Å². The van der Waals surface area contributed by atoms with E-state index in [1.54, 1.807) is 0 Å². The number of benzene rings is 1. The average Bonchev–Trinajstić information content (AvgIpc) is 2.41. The third-order valence-electron chi connectivity index (χ3n) is 2.45. The molecule has 1 heterocycles. The van der Waals surface area contributed by atoms with Gasteiger partial charge in [0.25, 0.3) is 11.6 Å². The summed E-state index contributed by atoms with van der Waals surface area (Å²) in [5.74, 6) is -0.501. The van der Waals surface area contributed by atoms with Crippen LogP contribution in [0.5, 0.6) is 0 Å². The van der Waals surface area contributed by atoms with Gasteiger partial charge in [0.15, 0.2) is 0 Å². The third kappa shape index (κ3) is 3.69. The Bertz CT molecular complexity index is 740. The molecule has 0 aliphatic heterocycles. The first-order valence-corrected chi connectivity index (χ1v) is 6.99. The number of amides is 1. The summed E-state index contributed by atoms with van der Waals surface area (Å²) in [5, 5.41) is 13.2. The van der Waals surface area contributed by atoms with Gasteiger partial charge < -0.3 is 5.32 Å². The van der Waals surface area contributed by atoms with Gasteiger partial charge in [-0.3, -0.25) is 14.9 Å². The molecule has 0 aliphatic carbocycles. The van der Waals surface area contributed by atoms with Crippen LogP contribution in [0.3, 0.4) is 0 Å². The van der Waals surface area contributed by atoms with Gasteiger partial charge in [0.05, 0.1) is 10.5 Å². The van der Waals surface area contributed by atoms with Gasteiger partial charge in [0.1, 0.15) is 10.2 Å². The zero-order chi connectivity index (χ0) is 15.6. The Morgan fingerprint density at radius 1 is 1.33 bits per heavy atom. The zero-order valence-electron chi connectivity index (χ0n) is 10.1. The summed E-state index contributed by atoms with van der Waals surface area (Å²) in [7, 11) is 0. The second-order valence-electron chi connectivity index (χ2n) is 3.87. The van der Waals surface area contributed by atoms with Crippen LogP contribution in [0, 0.1) is 10.1 Å². The van der Waals surface area contributed by atoms with Gasteiger partial charge in [-0.1, -0.05) is 23.2 Å². The average molecular weight is 391 g/mol. The van der Waals surface area contributed by atoms with Gasteiger partial charge in [-0.25, -0.2) is 4.98 Å². The predicted octanol–water partition coefficient (Wildman–Crippen LogP) is 4.31. The molecule has 0 bridgehead atoms. The molecule has 0 unspecified atom stereocenters. The minimum atomic E-state index is -0.608. The maximum atomic E-state index is 12.1. The number of nitro benzene ring substituents is 1. The first-order chi connectivity index (χ1) is 9.88. The van der Waals surface area contributed by atoms with Crippen LogP contribution in [-0.2, 0) is 0 Å². The molecular weight excluding hydrogens is 385 g/mol. The lowest BCUT2D eigenvalue weighted by Gasteiger charge is -2.07. The van der Waals surface area contributed by atoms with Gasteiger partial charge >= 0.3 is 0 Å². The second-order valence-corrected chi connectivity index (χ2v) is 5.55. The summed E-state index contributed by atoms with van der Waals surface area (Å²) in [6, 6.07) is 5.38. The fourth-order valence-corrected chi connectivity index (χ4v) is 2.28. The number of aromatic nitrogens is 1. The Labute approximate surface area is 137 Å². The predicted molar refractivity (Wildman–Crippen MR) is 83.0 cm³/mol. The smallest absolute Gasteiger partial charge is 0.288 e. The van der Waals surface area contributed by atoms with Crippen molar-refractivity contribution in [1.82, 2.24) is 4.98 Å². The van der Waals surface area contributed by atoms with E-state index in [1.807, 2.05) is 0 Å². The maximum Gasteiger partial charge on any atom is 0.288 e. The van der Waals surface area contributed by atoms with Crippen molar-refractivity contribution in [3.05, 3.63) is 60.8 Å². The van der Waals surface area contributed by atoms with Crippen LogP contribution in [0.2, 0.25) is 10.2 Å². The van der Waals surface area contributed by atoms with Crippen LogP contribution in [-0.4, -0.2) is 15.8 Å². The fourth-order valence-electron chi connectivity index (χ4n) is 1.51. The highest BCUT2D eigenvalue weighted by Crippen LogP contribution is 2.28. The highest BCUT2D eigenvalue weighted by Gasteiger charge is 2.15. The first kappa shape index (κ1) is 15.7. The largest absolute Gasteiger partial charge is 0.322 e. The molecule has 0 spiro atoms. The number of carbonyl (C=O) groups excluding carboxylic acids is 1. The monoisotopic (exact) mass is 389 g/mol. The van der Waals surface area contributed by atoms with Crippen LogP contribution < -0.4 is 5.32 Å². The third-order valence-corrected chi connectivity index (χ3v) is 3.49. The van der Waals surface area contributed by atoms with E-state index in [1.165, 1.54) is 30.5 Å². The van der Waals surface area contributed by atoms with Crippen LogP contribution in [0.15, 0.2) is 34.9 Å². The SMILES string of the molecule is O=C(Nc1ccc([N+](=O)[O-])c(Cl)c1)c1cc(Br)cnc1Cl. The molecule has 1 aromatic carbocycles. The van der Waals surface area contributed by atoms with Crippen LogP contribution in [0.25, 0.3) is 0 Å². The van der Waals surface area contributed by atoms with E-state index in [4.69, 9.17) is 23.2 Å². The Morgan fingerprint density at radius 3 is 2.67 bits per heavy atom. The van der Waals surface area contributed by atoms with Crippen LogP contribution >= 0.6 is 39.1 Å². The molecule has 1 N–H and O–H groups in total. The quantitative estimate of drug-likeness (QED) is 0.480. The zero-order valence-corrected chi connectivity index (χ0v) is 13.2. The van der Waals surface area contributed by atoms with Crippen molar-refractivity contribution in [3.8, 4) is 0 Å². The molecule has 9 heteroatoms. The lowest BCUT2D eigenvalue weighted by atomic mass is 10.2. The van der Waals surface area contributed by atoms with Crippen molar-refractivity contribution < 1.29 is 9.72 Å². The number of nitrogens with zero attached hydrogens (tertiary/aromatic N) is 2. The molecule has 0 aliphatic rings. The molecule has 2 aromatic rings. The molecule has 0 radical (unpaired) electrons. The normalized spacial score (nSPS) is 10.2. The maximum absolute atomic E-state index is 12.1. The standard InChI is InChI=1S/C12H6BrCl2N3O3/c13-6-3-8(11(15)16-5-6)12(19)17-7-1-2-10(18(20)21)9(14)4-7/h1-5H,(H,17,19). The van der Waals surface area contributed by atoms with E-state index >= 15 is 0 Å². The molecule has 1 aromatic heterocycles. The van der Waals surface area contributed by atoms with E-state index in [-0.39, 0.29) is 21.4 Å². The summed E-state index contributed by atoms with van der Waals surface area (Å²) < 4.78 is 0.596. The Kier molecular flexibility index (Phi) is 4.76. The van der Waals surface area contributed by atoms with Crippen LogP contribution in [0.1, 0.15) is 10.4 Å². The molecule has 6 nitrogen and oxygen atoms in total. The van der Waals surface area contributed by atoms with Crippen molar-refractivity contribution in [3.63, 3.8) is 0 Å². The number of pyridine rings is 1. The highest BCUT2D eigenvalue weighted by molar-refractivity contribution is 9.10. The number of hydrogen-bond acceptors (Lipinski definition) is 4. The lowest BCUT2D eigenvalue weighted by molar-refractivity contribution is -0.384.